The summed E-state index contributed by atoms with van der Waals surface area (Å²) in [5.74, 6) is -1.34. The summed E-state index contributed by atoms with van der Waals surface area (Å²) in [7, 11) is -3.19. The Morgan fingerprint density at radius 3 is 2.53 bits per heavy atom. The third-order valence-corrected chi connectivity index (χ3v) is 3.30. The van der Waals surface area contributed by atoms with Crippen molar-refractivity contribution < 1.29 is 17.2 Å². The van der Waals surface area contributed by atoms with E-state index in [1.807, 2.05) is 0 Å². The van der Waals surface area contributed by atoms with Crippen molar-refractivity contribution in [3.8, 4) is 11.5 Å². The second kappa shape index (κ2) is 4.96. The molecule has 102 valence electrons. The summed E-state index contributed by atoms with van der Waals surface area (Å²) in [6.07, 6.45) is 1.07. The minimum atomic E-state index is -3.19. The Kier molecular flexibility index (Phi) is 3.52. The summed E-state index contributed by atoms with van der Waals surface area (Å²) >= 11 is 0. The Labute approximate surface area is 108 Å². The molecule has 0 aliphatic heterocycles. The maximum atomic E-state index is 12.8. The molecule has 6 nitrogen and oxygen atoms in total. The standard InChI is InChI=1S/C11H11FN2O4S/c1-19(16,17)7-6-14-11(15)18-10(13-14)8-2-4-9(12)5-3-8/h2-5H,6-7H2,1H3. The molecule has 0 saturated heterocycles. The van der Waals surface area contributed by atoms with Crippen LogP contribution in [0.1, 0.15) is 0 Å². The molecule has 2 aromatic rings. The van der Waals surface area contributed by atoms with E-state index in [2.05, 4.69) is 5.10 Å². The molecular weight excluding hydrogens is 275 g/mol. The van der Waals surface area contributed by atoms with Gasteiger partial charge in [0, 0.05) is 11.8 Å². The summed E-state index contributed by atoms with van der Waals surface area (Å²) in [4.78, 5) is 11.5. The number of sulfone groups is 1. The van der Waals surface area contributed by atoms with Crippen molar-refractivity contribution in [3.05, 3.63) is 40.6 Å². The summed E-state index contributed by atoms with van der Waals surface area (Å²) in [6.45, 7) is -0.0810. The fraction of sp³-hybridized carbons (Fsp3) is 0.273. The molecule has 0 radical (unpaired) electrons. The van der Waals surface area contributed by atoms with Gasteiger partial charge in [-0.3, -0.25) is 0 Å². The van der Waals surface area contributed by atoms with Crippen molar-refractivity contribution in [3.63, 3.8) is 0 Å². The fourth-order valence-electron chi connectivity index (χ4n) is 1.41. The predicted octanol–water partition coefficient (Wildman–Crippen LogP) is 0.687. The second-order valence-corrected chi connectivity index (χ2v) is 6.29. The lowest BCUT2D eigenvalue weighted by Gasteiger charge is -1.96. The van der Waals surface area contributed by atoms with Gasteiger partial charge in [0.05, 0.1) is 12.3 Å². The molecule has 0 unspecified atom stereocenters. The van der Waals surface area contributed by atoms with E-state index < -0.39 is 21.4 Å². The number of rotatable bonds is 4. The highest BCUT2D eigenvalue weighted by Crippen LogP contribution is 2.15. The number of hydrogen-bond donors (Lipinski definition) is 0. The average Bonchev–Trinajstić information content (AvgIpc) is 2.68. The molecule has 0 aliphatic rings. The molecule has 0 fully saturated rings. The second-order valence-electron chi connectivity index (χ2n) is 4.03. The molecule has 2 rings (SSSR count). The van der Waals surface area contributed by atoms with Crippen molar-refractivity contribution in [1.29, 1.82) is 0 Å². The van der Waals surface area contributed by atoms with Crippen LogP contribution in [0, 0.1) is 5.82 Å². The van der Waals surface area contributed by atoms with Crippen LogP contribution in [-0.2, 0) is 16.4 Å². The van der Waals surface area contributed by atoms with Gasteiger partial charge in [-0.05, 0) is 24.3 Å². The fourth-order valence-corrected chi connectivity index (χ4v) is 1.91. The van der Waals surface area contributed by atoms with E-state index in [4.69, 9.17) is 4.42 Å². The molecule has 1 aromatic heterocycles. The number of halogens is 1. The predicted molar refractivity (Wildman–Crippen MR) is 65.9 cm³/mol. The highest BCUT2D eigenvalue weighted by molar-refractivity contribution is 7.90. The van der Waals surface area contributed by atoms with Crippen molar-refractivity contribution in [1.82, 2.24) is 9.78 Å². The van der Waals surface area contributed by atoms with Gasteiger partial charge in [-0.2, -0.15) is 4.68 Å². The lowest BCUT2D eigenvalue weighted by atomic mass is 10.2. The van der Waals surface area contributed by atoms with Gasteiger partial charge in [-0.15, -0.1) is 5.10 Å². The highest BCUT2D eigenvalue weighted by Gasteiger charge is 2.12. The van der Waals surface area contributed by atoms with Crippen molar-refractivity contribution in [2.75, 3.05) is 12.0 Å². The SMILES string of the molecule is CS(=O)(=O)CCn1nc(-c2ccc(F)cc2)oc1=O. The molecule has 0 saturated carbocycles. The Morgan fingerprint density at radius 2 is 1.95 bits per heavy atom. The Bertz CT molecular complexity index is 731. The van der Waals surface area contributed by atoms with Gasteiger partial charge in [-0.25, -0.2) is 17.6 Å². The van der Waals surface area contributed by atoms with Crippen LogP contribution >= 0.6 is 0 Å². The van der Waals surface area contributed by atoms with Gasteiger partial charge < -0.3 is 4.42 Å². The largest absolute Gasteiger partial charge is 0.437 e. The molecule has 0 aliphatic carbocycles. The first-order valence-electron chi connectivity index (χ1n) is 5.37. The van der Waals surface area contributed by atoms with Crippen molar-refractivity contribution in [2.45, 2.75) is 6.54 Å². The Hall–Kier alpha value is -1.96. The molecule has 1 aromatic carbocycles. The van der Waals surface area contributed by atoms with E-state index >= 15 is 0 Å². The van der Waals surface area contributed by atoms with Gasteiger partial charge in [0.15, 0.2) is 0 Å². The van der Waals surface area contributed by atoms with Crippen LogP contribution in [0.5, 0.6) is 0 Å². The van der Waals surface area contributed by atoms with Crippen LogP contribution in [-0.4, -0.2) is 30.2 Å². The molecule has 0 N–H and O–H groups in total. The van der Waals surface area contributed by atoms with E-state index in [-0.39, 0.29) is 18.2 Å². The average molecular weight is 286 g/mol. The number of nitrogens with zero attached hydrogens (tertiary/aromatic N) is 2. The lowest BCUT2D eigenvalue weighted by Crippen LogP contribution is -2.21. The van der Waals surface area contributed by atoms with Crippen LogP contribution in [0.2, 0.25) is 0 Å². The maximum Gasteiger partial charge on any atom is 0.437 e. The molecule has 1 heterocycles. The molecular formula is C11H11FN2O4S. The third kappa shape index (κ3) is 3.50. The zero-order chi connectivity index (χ0) is 14.0. The van der Waals surface area contributed by atoms with E-state index in [9.17, 15) is 17.6 Å². The molecule has 0 spiro atoms. The van der Waals surface area contributed by atoms with E-state index in [1.165, 1.54) is 24.3 Å². The minimum Gasteiger partial charge on any atom is -0.388 e. The molecule has 0 amide bonds. The number of hydrogen-bond acceptors (Lipinski definition) is 5. The van der Waals surface area contributed by atoms with Crippen molar-refractivity contribution >= 4 is 9.84 Å². The van der Waals surface area contributed by atoms with Gasteiger partial charge in [0.2, 0.25) is 5.89 Å². The molecule has 8 heteroatoms. The first-order chi connectivity index (χ1) is 8.85. The van der Waals surface area contributed by atoms with E-state index in [0.29, 0.717) is 5.56 Å². The molecule has 19 heavy (non-hydrogen) atoms. The molecule has 0 bridgehead atoms. The highest BCUT2D eigenvalue weighted by atomic mass is 32.2. The van der Waals surface area contributed by atoms with E-state index in [1.54, 1.807) is 0 Å². The summed E-state index contributed by atoms with van der Waals surface area (Å²) in [5.41, 5.74) is 0.441. The third-order valence-electron chi connectivity index (χ3n) is 2.37. The van der Waals surface area contributed by atoms with Gasteiger partial charge in [0.1, 0.15) is 15.7 Å². The zero-order valence-corrected chi connectivity index (χ0v) is 10.9. The number of aryl methyl sites for hydroxylation is 1. The van der Waals surface area contributed by atoms with E-state index in [0.717, 1.165) is 10.9 Å². The van der Waals surface area contributed by atoms with Crippen LogP contribution in [0.25, 0.3) is 11.5 Å². The van der Waals surface area contributed by atoms with Gasteiger partial charge in [-0.1, -0.05) is 0 Å². The monoisotopic (exact) mass is 286 g/mol. The van der Waals surface area contributed by atoms with Crippen LogP contribution in [0.3, 0.4) is 0 Å². The lowest BCUT2D eigenvalue weighted by molar-refractivity contribution is 0.489. The van der Waals surface area contributed by atoms with Crippen LogP contribution < -0.4 is 5.76 Å². The summed E-state index contributed by atoms with van der Waals surface area (Å²) in [6, 6.07) is 5.26. The quantitative estimate of drug-likeness (QED) is 0.825. The first-order valence-corrected chi connectivity index (χ1v) is 7.43. The first kappa shape index (κ1) is 13.5. The van der Waals surface area contributed by atoms with Crippen molar-refractivity contribution in [2.24, 2.45) is 0 Å². The molecule has 0 atom stereocenters. The number of benzene rings is 1. The summed E-state index contributed by atoms with van der Waals surface area (Å²) < 4.78 is 40.6. The smallest absolute Gasteiger partial charge is 0.388 e. The van der Waals surface area contributed by atoms with Gasteiger partial charge in [0.25, 0.3) is 0 Å². The topological polar surface area (TPSA) is 82.2 Å². The summed E-state index contributed by atoms with van der Waals surface area (Å²) in [5, 5.41) is 3.86. The zero-order valence-electron chi connectivity index (χ0n) is 10.0. The minimum absolute atomic E-state index is 0.0264. The maximum absolute atomic E-state index is 12.8. The Morgan fingerprint density at radius 1 is 1.32 bits per heavy atom. The van der Waals surface area contributed by atoms with Gasteiger partial charge >= 0.3 is 5.76 Å². The van der Waals surface area contributed by atoms with Crippen LogP contribution in [0.4, 0.5) is 4.39 Å². The number of aromatic nitrogens is 2. The van der Waals surface area contributed by atoms with Crippen LogP contribution in [0.15, 0.2) is 33.5 Å². The normalized spacial score (nSPS) is 11.7. The Balaban J connectivity index is 2.26.